The summed E-state index contributed by atoms with van der Waals surface area (Å²) in [6.45, 7) is 19.1. The summed E-state index contributed by atoms with van der Waals surface area (Å²) in [5, 5.41) is 24.1. The third-order valence-electron chi connectivity index (χ3n) is 21.0. The van der Waals surface area contributed by atoms with Gasteiger partial charge in [0.05, 0.1) is 25.2 Å². The van der Waals surface area contributed by atoms with Crippen molar-refractivity contribution in [2.75, 3.05) is 68.5 Å². The molecular formula is C75H129F3N12O14. The Labute approximate surface area is 616 Å². The van der Waals surface area contributed by atoms with Crippen molar-refractivity contribution in [2.45, 2.75) is 309 Å². The van der Waals surface area contributed by atoms with Gasteiger partial charge in [-0.2, -0.15) is 13.2 Å². The van der Waals surface area contributed by atoms with Gasteiger partial charge in [-0.3, -0.25) is 57.5 Å². The van der Waals surface area contributed by atoms with Gasteiger partial charge in [0.1, 0.15) is 66.5 Å². The highest BCUT2D eigenvalue weighted by atomic mass is 19.4. The van der Waals surface area contributed by atoms with Gasteiger partial charge < -0.3 is 70.7 Å². The second-order valence-corrected chi connectivity index (χ2v) is 32.1. The molecule has 2 saturated carbocycles. The molecule has 2 aliphatic carbocycles. The van der Waals surface area contributed by atoms with Crippen LogP contribution in [0.1, 0.15) is 230 Å². The summed E-state index contributed by atoms with van der Waals surface area (Å²) in [5.74, 6) is -9.69. The predicted octanol–water partition coefficient (Wildman–Crippen LogP) is 6.23. The molecule has 4 fully saturated rings. The summed E-state index contributed by atoms with van der Waals surface area (Å²) >= 11 is 0. The number of carbonyl (C=O) groups excluding carboxylic acids is 12. The lowest BCUT2D eigenvalue weighted by Crippen LogP contribution is -2.61. The lowest BCUT2D eigenvalue weighted by atomic mass is 9.84. The van der Waals surface area contributed by atoms with Crippen LogP contribution in [0, 0.1) is 29.6 Å². The molecule has 0 bridgehead atoms. The Bertz CT molecular complexity index is 2860. The number of piperidine rings is 1. The average Bonchev–Trinajstić information content (AvgIpc) is 0.789. The molecule has 0 spiro atoms. The molecule has 4 aliphatic rings. The molecule has 2 aliphatic heterocycles. The Balaban J connectivity index is 1.97. The van der Waals surface area contributed by atoms with Crippen molar-refractivity contribution >= 4 is 70.9 Å². The molecule has 4 rings (SSSR count). The molecule has 26 nitrogen and oxygen atoms in total. The number of halogens is 3. The first-order chi connectivity index (χ1) is 48.6. The number of hydrogen-bond acceptors (Lipinski definition) is 14. The van der Waals surface area contributed by atoms with Crippen LogP contribution in [0.3, 0.4) is 0 Å². The number of nitrogens with one attached hydrogen (secondary N) is 5. The molecule has 12 amide bonds. The third kappa shape index (κ3) is 27.6. The molecule has 11 atom stereocenters. The Kier molecular flexibility index (Phi) is 36.3. The van der Waals surface area contributed by atoms with Gasteiger partial charge in [-0.25, -0.2) is 0 Å². The van der Waals surface area contributed by atoms with E-state index in [1.165, 1.54) is 57.0 Å². The number of likely N-dealkylation sites (N-methyl/N-ethyl adjacent to an activating group) is 6. The minimum absolute atomic E-state index is 0.0231. The molecule has 0 aromatic heterocycles. The van der Waals surface area contributed by atoms with Crippen LogP contribution in [-0.4, -0.2) is 257 Å². The van der Waals surface area contributed by atoms with Crippen molar-refractivity contribution in [1.82, 2.24) is 60.9 Å². The quantitative estimate of drug-likeness (QED) is 0.0836. The molecular weight excluding hydrogens is 1350 g/mol. The Morgan fingerprint density at radius 1 is 0.500 bits per heavy atom. The fourth-order valence-electron chi connectivity index (χ4n) is 14.8. The fourth-order valence-corrected chi connectivity index (χ4v) is 14.8. The van der Waals surface area contributed by atoms with E-state index >= 15 is 28.8 Å². The Hall–Kier alpha value is -6.65. The van der Waals surface area contributed by atoms with Crippen LogP contribution in [0.25, 0.3) is 0 Å². The summed E-state index contributed by atoms with van der Waals surface area (Å²) in [6.07, 6.45) is 0.895. The monoisotopic (exact) mass is 1480 g/mol. The number of carbonyl (C=O) groups is 12. The molecule has 104 heavy (non-hydrogen) atoms. The number of likely N-dealkylation sites (tertiary alicyclic amines) is 1. The number of aliphatic hydroxyl groups is 1. The van der Waals surface area contributed by atoms with Gasteiger partial charge in [-0.05, 0) is 134 Å². The zero-order chi connectivity index (χ0) is 78.2. The fraction of sp³-hybridized carbons (Fsp3) is 0.840. The van der Waals surface area contributed by atoms with E-state index in [0.29, 0.717) is 25.9 Å². The molecule has 0 aromatic rings. The topological polar surface area (TPSA) is 317 Å². The van der Waals surface area contributed by atoms with Crippen molar-refractivity contribution in [3.8, 4) is 0 Å². The van der Waals surface area contributed by atoms with Crippen molar-refractivity contribution in [2.24, 2.45) is 29.6 Å². The predicted molar refractivity (Wildman–Crippen MR) is 388 cm³/mol. The van der Waals surface area contributed by atoms with Crippen molar-refractivity contribution in [1.29, 1.82) is 0 Å². The second kappa shape index (κ2) is 42.0. The van der Waals surface area contributed by atoms with Gasteiger partial charge in [-0.15, -0.1) is 0 Å². The number of amides is 12. The number of rotatable bonds is 19. The van der Waals surface area contributed by atoms with Crippen LogP contribution in [0.2, 0.25) is 0 Å². The van der Waals surface area contributed by atoms with Gasteiger partial charge in [-0.1, -0.05) is 120 Å². The van der Waals surface area contributed by atoms with E-state index in [9.17, 15) is 47.0 Å². The van der Waals surface area contributed by atoms with Crippen molar-refractivity contribution < 1.29 is 80.5 Å². The number of hydrogen-bond donors (Lipinski definition) is 6. The average molecular weight is 1480 g/mol. The van der Waals surface area contributed by atoms with E-state index in [-0.39, 0.29) is 74.5 Å². The van der Waals surface area contributed by atoms with Gasteiger partial charge in [0.25, 0.3) is 0 Å². The Morgan fingerprint density at radius 3 is 1.40 bits per heavy atom. The van der Waals surface area contributed by atoms with Gasteiger partial charge in [0.15, 0.2) is 0 Å². The minimum atomic E-state index is -5.01. The molecule has 6 N–H and O–H groups in total. The molecule has 2 saturated heterocycles. The number of aliphatic hydroxyl groups excluding tert-OH is 1. The molecule has 2 heterocycles. The highest BCUT2D eigenvalue weighted by Crippen LogP contribution is 2.32. The van der Waals surface area contributed by atoms with Gasteiger partial charge in [0.2, 0.25) is 70.9 Å². The highest BCUT2D eigenvalue weighted by Gasteiger charge is 2.45. The van der Waals surface area contributed by atoms with E-state index in [0.717, 1.165) is 85.3 Å². The summed E-state index contributed by atoms with van der Waals surface area (Å²) in [7, 11) is 8.21. The first kappa shape index (κ1) is 89.7. The smallest absolute Gasteiger partial charge is 0.384 e. The van der Waals surface area contributed by atoms with Crippen molar-refractivity contribution in [3.05, 3.63) is 0 Å². The lowest BCUT2D eigenvalue weighted by Gasteiger charge is -2.39. The van der Waals surface area contributed by atoms with E-state index in [2.05, 4.69) is 26.6 Å². The maximum Gasteiger partial charge on any atom is 0.414 e. The zero-order valence-electron chi connectivity index (χ0n) is 65.6. The first-order valence-electron chi connectivity index (χ1n) is 38.4. The molecule has 29 heteroatoms. The zero-order valence-corrected chi connectivity index (χ0v) is 65.6. The van der Waals surface area contributed by atoms with E-state index in [1.807, 2.05) is 41.5 Å². The summed E-state index contributed by atoms with van der Waals surface area (Å²) < 4.78 is 47.2. The maximum atomic E-state index is 15.6. The van der Waals surface area contributed by atoms with Gasteiger partial charge in [0, 0.05) is 55.4 Å². The molecule has 0 radical (unpaired) electrons. The summed E-state index contributed by atoms with van der Waals surface area (Å²) in [5.41, 5.74) is -0.872. The summed E-state index contributed by atoms with van der Waals surface area (Å²) in [6, 6.07) is -13.6. The van der Waals surface area contributed by atoms with Gasteiger partial charge >= 0.3 is 6.18 Å². The number of nitrogens with zero attached hydrogens (tertiary/aromatic N) is 7. The number of alkyl halides is 3. The van der Waals surface area contributed by atoms with Crippen LogP contribution in [0.15, 0.2) is 0 Å². The normalized spacial score (nSPS) is 27.0. The van der Waals surface area contributed by atoms with E-state index in [4.69, 9.17) is 4.74 Å². The maximum absolute atomic E-state index is 15.6. The minimum Gasteiger partial charge on any atom is -0.384 e. The molecule has 1 unspecified atom stereocenters. The van der Waals surface area contributed by atoms with E-state index < -0.39 is 188 Å². The lowest BCUT2D eigenvalue weighted by molar-refractivity contribution is -0.205. The third-order valence-corrected chi connectivity index (χ3v) is 21.0. The molecule has 594 valence electrons. The standard InChI is InChI=1S/C75H129F3N12O14/c1-18-56-64(94)83-55(45-104-74(9,10)11)71(101)89(17)60(42-50-32-25-21-26-33-50)73(103)88(16)58(40-48(7)8)66(96)82-54(72(102)90-36-27-22-28-37-90)43-62(92)79-52(38-46(3)4)69(99)87(15)59(41-49-30-23-20-24-31-49)67(97)81-53(39-47(5)6)70(100)86(14)57(19-2)65(95)80-51(34-29-35-61(91)75(76,77)78)68(98)84(12)44-63(93)85(56)13/h46-61,91H,18-45H2,1-17H3,(H,79,92)(H,80,95)(H,81,97)(H,82,96)(H,83,94)/t51-,52+,53-,54-,55-,56-,57-,58-,59-,60-,61?/m0/s1. The first-order valence-corrected chi connectivity index (χ1v) is 38.4. The van der Waals surface area contributed by atoms with Crippen LogP contribution in [0.5, 0.6) is 0 Å². The van der Waals surface area contributed by atoms with E-state index in [1.54, 1.807) is 39.5 Å². The molecule has 0 aromatic carbocycles. The van der Waals surface area contributed by atoms with Crippen LogP contribution < -0.4 is 26.6 Å². The highest BCUT2D eigenvalue weighted by molar-refractivity contribution is 6.00. The van der Waals surface area contributed by atoms with Crippen molar-refractivity contribution in [3.63, 3.8) is 0 Å². The largest absolute Gasteiger partial charge is 0.414 e. The van der Waals surface area contributed by atoms with Crippen LogP contribution >= 0.6 is 0 Å². The van der Waals surface area contributed by atoms with Crippen LogP contribution in [0.4, 0.5) is 13.2 Å². The SMILES string of the molecule is CC[C@H]1C(=O)N[C@@H](COC(C)(C)C)C(=O)N(C)[C@@H](CC2CCCCC2)C(=O)N(C)[C@@H](CC(C)C)C(=O)N[C@H](C(=O)N2CCCCC2)CC(=O)N[C@H](CC(C)C)C(=O)N(C)[C@@H](CC2CCCCC2)C(=O)N[C@@H](CC(C)C)C(=O)N(C)[C@@H](CC)C(=O)N[C@@H](CCCC(O)C(F)(F)F)C(=O)N(C)CC(=O)N1C. The number of ether oxygens (including phenoxy) is 1. The Morgan fingerprint density at radius 2 is 0.913 bits per heavy atom. The van der Waals surface area contributed by atoms with Crippen LogP contribution in [-0.2, 0) is 62.3 Å². The second-order valence-electron chi connectivity index (χ2n) is 32.1. The summed E-state index contributed by atoms with van der Waals surface area (Å²) in [4.78, 5) is 189.